The number of ketones is 1. The number of Topliss-reactive ketones (excluding diaryl/α,β-unsaturated/α-hetero) is 1. The van der Waals surface area contributed by atoms with Gasteiger partial charge in [-0.1, -0.05) is 86.1 Å². The van der Waals surface area contributed by atoms with Gasteiger partial charge in [-0.3, -0.25) is 14.5 Å². The Morgan fingerprint density at radius 1 is 1.00 bits per heavy atom. The van der Waals surface area contributed by atoms with E-state index in [1.54, 1.807) is 11.2 Å². The first-order chi connectivity index (χ1) is 18.8. The maximum atomic E-state index is 14.8. The number of anilines is 1. The highest BCUT2D eigenvalue weighted by atomic mass is 35.5. The predicted octanol–water partition coefficient (Wildman–Crippen LogP) is 7.03. The summed E-state index contributed by atoms with van der Waals surface area (Å²) in [5.74, 6) is -0.0690. The summed E-state index contributed by atoms with van der Waals surface area (Å²) < 4.78 is 5.88. The van der Waals surface area contributed by atoms with E-state index < -0.39 is 11.5 Å². The molecule has 1 fully saturated rings. The summed E-state index contributed by atoms with van der Waals surface area (Å²) in [7, 11) is 1.94. The molecule has 0 radical (unpaired) electrons. The zero-order valence-electron chi connectivity index (χ0n) is 22.3. The fourth-order valence-corrected chi connectivity index (χ4v) is 6.69. The lowest BCUT2D eigenvalue weighted by atomic mass is 9.71. The Balaban J connectivity index is 1.51. The van der Waals surface area contributed by atoms with Crippen LogP contribution >= 0.6 is 11.6 Å². The van der Waals surface area contributed by atoms with E-state index in [9.17, 15) is 9.59 Å². The molecule has 1 amide bonds. The number of hydrogen-bond acceptors (Lipinski definition) is 4. The van der Waals surface area contributed by atoms with Crippen LogP contribution in [0.3, 0.4) is 0 Å². The first-order valence-electron chi connectivity index (χ1n) is 13.4. The first-order valence-corrected chi connectivity index (χ1v) is 13.8. The van der Waals surface area contributed by atoms with E-state index in [4.69, 9.17) is 16.0 Å². The topological polar surface area (TPSA) is 53.8 Å². The number of fused-ring (bicyclic) bond motifs is 2. The second kappa shape index (κ2) is 9.82. The van der Waals surface area contributed by atoms with Gasteiger partial charge in [0.25, 0.3) is 5.91 Å². The van der Waals surface area contributed by atoms with Gasteiger partial charge in [0, 0.05) is 34.3 Å². The van der Waals surface area contributed by atoms with Crippen LogP contribution in [0.25, 0.3) is 0 Å². The summed E-state index contributed by atoms with van der Waals surface area (Å²) in [5.41, 5.74) is 3.10. The fraction of sp³-hybridized carbons (Fsp3) is 0.273. The van der Waals surface area contributed by atoms with Crippen molar-refractivity contribution >= 4 is 29.0 Å². The van der Waals surface area contributed by atoms with Crippen molar-refractivity contribution in [1.82, 2.24) is 4.90 Å². The molecule has 3 aromatic carbocycles. The fourth-order valence-electron chi connectivity index (χ4n) is 6.50. The summed E-state index contributed by atoms with van der Waals surface area (Å²) in [5, 5.41) is 0.606. The summed E-state index contributed by atoms with van der Waals surface area (Å²) in [4.78, 5) is 33.2. The molecule has 4 aromatic rings. The van der Waals surface area contributed by atoms with E-state index in [2.05, 4.69) is 18.7 Å². The summed E-state index contributed by atoms with van der Waals surface area (Å²) in [6.07, 6.45) is 1.63. The Kier molecular flexibility index (Phi) is 6.44. The van der Waals surface area contributed by atoms with E-state index in [0.29, 0.717) is 35.4 Å². The number of carbonyl (C=O) groups excluding carboxylic acids is 2. The quantitative estimate of drug-likeness (QED) is 0.247. The number of benzene rings is 3. The van der Waals surface area contributed by atoms with E-state index in [0.717, 1.165) is 16.8 Å². The van der Waals surface area contributed by atoms with Gasteiger partial charge in [0.05, 0.1) is 18.7 Å². The number of furan rings is 1. The highest BCUT2D eigenvalue weighted by Crippen LogP contribution is 2.57. The lowest BCUT2D eigenvalue weighted by Crippen LogP contribution is -2.53. The Hall–Kier alpha value is -3.67. The van der Waals surface area contributed by atoms with Crippen molar-refractivity contribution in [1.29, 1.82) is 0 Å². The van der Waals surface area contributed by atoms with Crippen LogP contribution < -0.4 is 4.90 Å². The zero-order chi connectivity index (χ0) is 27.3. The molecule has 3 heterocycles. The van der Waals surface area contributed by atoms with E-state index in [1.165, 1.54) is 5.56 Å². The van der Waals surface area contributed by atoms with Crippen LogP contribution in [-0.2, 0) is 16.9 Å². The summed E-state index contributed by atoms with van der Waals surface area (Å²) in [6, 6.07) is 27.0. The third-order valence-corrected chi connectivity index (χ3v) is 8.81. The molecule has 198 valence electrons. The van der Waals surface area contributed by atoms with Crippen molar-refractivity contribution in [2.45, 2.75) is 37.8 Å². The molecule has 0 bridgehead atoms. The minimum Gasteiger partial charge on any atom is -0.469 e. The highest BCUT2D eigenvalue weighted by molar-refractivity contribution is 6.31. The molecule has 0 unspecified atom stereocenters. The monoisotopic (exact) mass is 538 g/mol. The zero-order valence-corrected chi connectivity index (χ0v) is 23.1. The van der Waals surface area contributed by atoms with Gasteiger partial charge in [0.1, 0.15) is 11.3 Å². The number of carbonyl (C=O) groups is 2. The normalized spacial score (nSPS) is 22.7. The first kappa shape index (κ1) is 25.6. The van der Waals surface area contributed by atoms with Crippen LogP contribution in [0.2, 0.25) is 5.02 Å². The van der Waals surface area contributed by atoms with Crippen LogP contribution in [0, 0.1) is 5.92 Å². The molecular weight excluding hydrogens is 508 g/mol. The van der Waals surface area contributed by atoms with Crippen molar-refractivity contribution in [3.05, 3.63) is 124 Å². The molecule has 39 heavy (non-hydrogen) atoms. The van der Waals surface area contributed by atoms with Crippen LogP contribution in [0.5, 0.6) is 0 Å². The minimum absolute atomic E-state index is 0.0567. The third-order valence-electron chi connectivity index (χ3n) is 8.44. The number of para-hydroxylation sites is 1. The Bertz CT molecular complexity index is 1530. The van der Waals surface area contributed by atoms with E-state index >= 15 is 0 Å². The molecule has 2 aliphatic heterocycles. The molecule has 0 aliphatic carbocycles. The molecule has 0 N–H and O–H groups in total. The molecular formula is C33H31ClN2O3. The second-order valence-corrected chi connectivity index (χ2v) is 11.3. The van der Waals surface area contributed by atoms with Crippen LogP contribution in [-0.4, -0.2) is 30.2 Å². The van der Waals surface area contributed by atoms with Gasteiger partial charge in [-0.2, -0.15) is 0 Å². The van der Waals surface area contributed by atoms with Gasteiger partial charge >= 0.3 is 0 Å². The van der Waals surface area contributed by atoms with Gasteiger partial charge in [-0.15, -0.1) is 0 Å². The van der Waals surface area contributed by atoms with E-state index in [-0.39, 0.29) is 17.6 Å². The predicted molar refractivity (Wildman–Crippen MR) is 153 cm³/mol. The van der Waals surface area contributed by atoms with Gasteiger partial charge in [0.2, 0.25) is 0 Å². The molecule has 2 aliphatic rings. The standard InChI is InChI=1S/C33H31ClN2O3/c1-21(2)22-14-16-23(17-15-22)31(37)30-25(29-13-8-18-39-29)20-35(3)33(30)26-10-5-7-12-28(26)36(32(33)38)19-24-9-4-6-11-27(24)34/h4-18,21,25,30H,19-20H2,1-3H3/t25-,30+,33+/m1/s1. The van der Waals surface area contributed by atoms with Gasteiger partial charge < -0.3 is 9.32 Å². The summed E-state index contributed by atoms with van der Waals surface area (Å²) >= 11 is 6.53. The molecule has 3 atom stereocenters. The lowest BCUT2D eigenvalue weighted by Gasteiger charge is -2.36. The largest absolute Gasteiger partial charge is 0.469 e. The Morgan fingerprint density at radius 2 is 1.72 bits per heavy atom. The van der Waals surface area contributed by atoms with Crippen molar-refractivity contribution in [3.8, 4) is 0 Å². The SMILES string of the molecule is CC(C)c1ccc(C(=O)[C@@H]2[C@@H](c3ccco3)CN(C)[C@]23C(=O)N(Cc2ccccc2Cl)c2ccccc23)cc1. The number of rotatable bonds is 6. The molecule has 1 spiro atoms. The maximum Gasteiger partial charge on any atom is 0.253 e. The van der Waals surface area contributed by atoms with Gasteiger partial charge in [-0.25, -0.2) is 0 Å². The second-order valence-electron chi connectivity index (χ2n) is 10.9. The Morgan fingerprint density at radius 3 is 2.41 bits per heavy atom. The smallest absolute Gasteiger partial charge is 0.253 e. The number of likely N-dealkylation sites (tertiary alicyclic amines) is 1. The highest BCUT2D eigenvalue weighted by Gasteiger charge is 2.66. The molecule has 0 saturated carbocycles. The molecule has 1 aromatic heterocycles. The number of halogens is 1. The molecule has 1 saturated heterocycles. The van der Waals surface area contributed by atoms with E-state index in [1.807, 2.05) is 92.0 Å². The molecule has 6 rings (SSSR count). The number of amides is 1. The van der Waals surface area contributed by atoms with Crippen molar-refractivity contribution in [2.75, 3.05) is 18.5 Å². The number of likely N-dealkylation sites (N-methyl/N-ethyl adjacent to an activating group) is 1. The van der Waals surface area contributed by atoms with Crippen molar-refractivity contribution in [2.24, 2.45) is 5.92 Å². The maximum absolute atomic E-state index is 14.8. The lowest BCUT2D eigenvalue weighted by molar-refractivity contribution is -0.129. The summed E-state index contributed by atoms with van der Waals surface area (Å²) in [6.45, 7) is 5.09. The van der Waals surface area contributed by atoms with Crippen molar-refractivity contribution in [3.63, 3.8) is 0 Å². The van der Waals surface area contributed by atoms with Gasteiger partial charge in [0.15, 0.2) is 5.78 Å². The van der Waals surface area contributed by atoms with Crippen LogP contribution in [0.1, 0.15) is 58.5 Å². The molecule has 5 nitrogen and oxygen atoms in total. The third kappa shape index (κ3) is 3.95. The van der Waals surface area contributed by atoms with Crippen LogP contribution in [0.4, 0.5) is 5.69 Å². The van der Waals surface area contributed by atoms with Crippen LogP contribution in [0.15, 0.2) is 95.6 Å². The molecule has 6 heteroatoms. The minimum atomic E-state index is -1.18. The number of hydrogen-bond donors (Lipinski definition) is 0. The number of nitrogens with zero attached hydrogens (tertiary/aromatic N) is 2. The van der Waals surface area contributed by atoms with Crippen molar-refractivity contribution < 1.29 is 14.0 Å². The van der Waals surface area contributed by atoms with Gasteiger partial charge in [-0.05, 0) is 48.4 Å². The Labute approximate surface area is 234 Å². The average molecular weight is 539 g/mol. The average Bonchev–Trinajstić information content (AvgIpc) is 3.64.